The summed E-state index contributed by atoms with van der Waals surface area (Å²) in [6, 6.07) is 0.885. The minimum absolute atomic E-state index is 0.0496. The molecule has 0 aliphatic rings. The Labute approximate surface area is 99.7 Å². The lowest BCUT2D eigenvalue weighted by Gasteiger charge is -2.12. The fourth-order valence-electron chi connectivity index (χ4n) is 1.26. The van der Waals surface area contributed by atoms with Gasteiger partial charge >= 0.3 is 12.3 Å². The third kappa shape index (κ3) is 3.23. The molecule has 4 N–H and O–H groups in total. The van der Waals surface area contributed by atoms with E-state index >= 15 is 0 Å². The SMILES string of the molecule is COC(=O)c1c(CN)cc(OC(F)(F)F)nc1N. The molecule has 0 radical (unpaired) electrons. The predicted molar refractivity (Wildman–Crippen MR) is 54.6 cm³/mol. The standard InChI is InChI=1S/C9H10F3N3O3/c1-17-8(16)6-4(3-13)2-5(15-7(6)14)18-9(10,11)12/h2H,3,13H2,1H3,(H2,14,15). The number of rotatable bonds is 3. The number of methoxy groups -OCH3 is 1. The lowest BCUT2D eigenvalue weighted by Crippen LogP contribution is -2.20. The van der Waals surface area contributed by atoms with Crippen LogP contribution in [0.4, 0.5) is 19.0 Å². The summed E-state index contributed by atoms with van der Waals surface area (Å²) in [5.41, 5.74) is 10.6. The summed E-state index contributed by atoms with van der Waals surface area (Å²) in [5.74, 6) is -2.06. The van der Waals surface area contributed by atoms with Crippen molar-refractivity contribution in [2.45, 2.75) is 12.9 Å². The van der Waals surface area contributed by atoms with Gasteiger partial charge in [0.15, 0.2) is 0 Å². The number of carbonyl (C=O) groups excluding carboxylic acids is 1. The van der Waals surface area contributed by atoms with Gasteiger partial charge in [0, 0.05) is 12.6 Å². The molecule has 6 nitrogen and oxygen atoms in total. The number of pyridine rings is 1. The van der Waals surface area contributed by atoms with Gasteiger partial charge in [-0.2, -0.15) is 4.98 Å². The molecule has 0 amide bonds. The third-order valence-corrected chi connectivity index (χ3v) is 1.94. The van der Waals surface area contributed by atoms with Crippen LogP contribution in [0.25, 0.3) is 0 Å². The summed E-state index contributed by atoms with van der Waals surface area (Å²) < 4.78 is 44.0. The van der Waals surface area contributed by atoms with E-state index in [1.54, 1.807) is 0 Å². The Balaban J connectivity index is 3.23. The number of carbonyl (C=O) groups is 1. The highest BCUT2D eigenvalue weighted by Crippen LogP contribution is 2.26. The maximum absolute atomic E-state index is 12.0. The van der Waals surface area contributed by atoms with Gasteiger partial charge in [-0.1, -0.05) is 0 Å². The van der Waals surface area contributed by atoms with Crippen LogP contribution >= 0.6 is 0 Å². The third-order valence-electron chi connectivity index (χ3n) is 1.94. The van der Waals surface area contributed by atoms with Crippen molar-refractivity contribution in [3.63, 3.8) is 0 Å². The molecule has 0 fully saturated rings. The zero-order valence-corrected chi connectivity index (χ0v) is 9.25. The van der Waals surface area contributed by atoms with Crippen LogP contribution in [-0.4, -0.2) is 24.4 Å². The number of nitrogens with two attached hydrogens (primary N) is 2. The first-order valence-corrected chi connectivity index (χ1v) is 4.62. The van der Waals surface area contributed by atoms with E-state index in [2.05, 4.69) is 14.5 Å². The normalized spacial score (nSPS) is 11.2. The van der Waals surface area contributed by atoms with Crippen LogP contribution in [0.2, 0.25) is 0 Å². The number of halogens is 3. The van der Waals surface area contributed by atoms with Gasteiger partial charge in [0.1, 0.15) is 11.4 Å². The molecule has 1 heterocycles. The van der Waals surface area contributed by atoms with E-state index in [-0.39, 0.29) is 17.7 Å². The molecule has 0 spiro atoms. The Morgan fingerprint density at radius 3 is 2.56 bits per heavy atom. The minimum atomic E-state index is -4.90. The van der Waals surface area contributed by atoms with Crippen LogP contribution in [-0.2, 0) is 11.3 Å². The molecule has 1 rings (SSSR count). The number of hydrogen-bond acceptors (Lipinski definition) is 6. The smallest absolute Gasteiger partial charge is 0.465 e. The first kappa shape index (κ1) is 14.0. The minimum Gasteiger partial charge on any atom is -0.465 e. The summed E-state index contributed by atoms with van der Waals surface area (Å²) in [4.78, 5) is 14.7. The summed E-state index contributed by atoms with van der Waals surface area (Å²) in [5, 5.41) is 0. The number of nitrogens with zero attached hydrogens (tertiary/aromatic N) is 1. The quantitative estimate of drug-likeness (QED) is 0.784. The second-order valence-corrected chi connectivity index (χ2v) is 3.12. The molecule has 1 aromatic rings. The summed E-state index contributed by atoms with van der Waals surface area (Å²) in [6.07, 6.45) is -4.90. The van der Waals surface area contributed by atoms with E-state index in [1.165, 1.54) is 0 Å². The molecule has 9 heteroatoms. The molecule has 1 aromatic heterocycles. The van der Waals surface area contributed by atoms with Crippen LogP contribution < -0.4 is 16.2 Å². The van der Waals surface area contributed by atoms with Crippen molar-refractivity contribution in [1.29, 1.82) is 0 Å². The molecule has 0 saturated carbocycles. The average Bonchev–Trinajstić information content (AvgIpc) is 2.24. The highest BCUT2D eigenvalue weighted by atomic mass is 19.4. The molecule has 100 valence electrons. The Bertz CT molecular complexity index is 462. The molecule has 0 bridgehead atoms. The van der Waals surface area contributed by atoms with Gasteiger partial charge in [-0.25, -0.2) is 4.79 Å². The van der Waals surface area contributed by atoms with Crippen molar-refractivity contribution < 1.29 is 27.4 Å². The van der Waals surface area contributed by atoms with Crippen LogP contribution in [0.3, 0.4) is 0 Å². The van der Waals surface area contributed by atoms with Gasteiger partial charge in [-0.15, -0.1) is 13.2 Å². The van der Waals surface area contributed by atoms with E-state index in [4.69, 9.17) is 11.5 Å². The van der Waals surface area contributed by atoms with Gasteiger partial charge in [0.2, 0.25) is 5.88 Å². The Kier molecular flexibility index (Phi) is 3.96. The average molecular weight is 265 g/mol. The number of aromatic nitrogens is 1. The van der Waals surface area contributed by atoms with Gasteiger partial charge in [-0.05, 0) is 5.56 Å². The molecule has 0 aliphatic carbocycles. The predicted octanol–water partition coefficient (Wildman–Crippen LogP) is 0.808. The Morgan fingerprint density at radius 1 is 1.50 bits per heavy atom. The summed E-state index contributed by atoms with van der Waals surface area (Å²) in [6.45, 7) is -0.217. The van der Waals surface area contributed by atoms with E-state index in [0.29, 0.717) is 0 Å². The second kappa shape index (κ2) is 5.08. The number of alkyl halides is 3. The molecule has 18 heavy (non-hydrogen) atoms. The van der Waals surface area contributed by atoms with Crippen LogP contribution in [0.5, 0.6) is 5.88 Å². The lowest BCUT2D eigenvalue weighted by atomic mass is 10.1. The molecule has 0 saturated heterocycles. The summed E-state index contributed by atoms with van der Waals surface area (Å²) >= 11 is 0. The first-order chi connectivity index (χ1) is 8.28. The Morgan fingerprint density at radius 2 is 2.11 bits per heavy atom. The molecular weight excluding hydrogens is 255 g/mol. The topological polar surface area (TPSA) is 100 Å². The number of ether oxygens (including phenoxy) is 2. The Hall–Kier alpha value is -2.03. The lowest BCUT2D eigenvalue weighted by molar-refractivity contribution is -0.276. The zero-order valence-electron chi connectivity index (χ0n) is 9.25. The van der Waals surface area contributed by atoms with Gasteiger partial charge < -0.3 is 20.9 Å². The second-order valence-electron chi connectivity index (χ2n) is 3.12. The van der Waals surface area contributed by atoms with Crippen molar-refractivity contribution in [1.82, 2.24) is 4.98 Å². The fraction of sp³-hybridized carbons (Fsp3) is 0.333. The zero-order chi connectivity index (χ0) is 13.9. The molecule has 0 atom stereocenters. The van der Waals surface area contributed by atoms with E-state index < -0.39 is 24.0 Å². The maximum Gasteiger partial charge on any atom is 0.574 e. The van der Waals surface area contributed by atoms with Crippen molar-refractivity contribution in [2.75, 3.05) is 12.8 Å². The summed E-state index contributed by atoms with van der Waals surface area (Å²) in [7, 11) is 1.10. The number of hydrogen-bond donors (Lipinski definition) is 2. The van der Waals surface area contributed by atoms with E-state index in [0.717, 1.165) is 13.2 Å². The monoisotopic (exact) mass is 265 g/mol. The molecular formula is C9H10F3N3O3. The number of nitrogen functional groups attached to an aromatic ring is 1. The van der Waals surface area contributed by atoms with Crippen molar-refractivity contribution in [2.24, 2.45) is 5.73 Å². The molecule has 0 unspecified atom stereocenters. The molecule has 0 aromatic carbocycles. The van der Waals surface area contributed by atoms with Crippen molar-refractivity contribution in [3.8, 4) is 5.88 Å². The maximum atomic E-state index is 12.0. The van der Waals surface area contributed by atoms with E-state index in [9.17, 15) is 18.0 Å². The largest absolute Gasteiger partial charge is 0.574 e. The molecule has 0 aliphatic heterocycles. The number of esters is 1. The van der Waals surface area contributed by atoms with Crippen molar-refractivity contribution in [3.05, 3.63) is 17.2 Å². The highest BCUT2D eigenvalue weighted by Gasteiger charge is 2.32. The van der Waals surface area contributed by atoms with E-state index in [1.807, 2.05) is 0 Å². The number of anilines is 1. The first-order valence-electron chi connectivity index (χ1n) is 4.62. The van der Waals surface area contributed by atoms with Crippen LogP contribution in [0.1, 0.15) is 15.9 Å². The van der Waals surface area contributed by atoms with Gasteiger partial charge in [0.05, 0.1) is 7.11 Å². The van der Waals surface area contributed by atoms with Crippen molar-refractivity contribution >= 4 is 11.8 Å². The van der Waals surface area contributed by atoms with Gasteiger partial charge in [-0.3, -0.25) is 0 Å². The fourth-order valence-corrected chi connectivity index (χ4v) is 1.26. The van der Waals surface area contributed by atoms with Crippen LogP contribution in [0.15, 0.2) is 6.07 Å². The highest BCUT2D eigenvalue weighted by molar-refractivity contribution is 5.95. The van der Waals surface area contributed by atoms with Crippen LogP contribution in [0, 0.1) is 0 Å². The van der Waals surface area contributed by atoms with Gasteiger partial charge in [0.25, 0.3) is 0 Å².